The van der Waals surface area contributed by atoms with Crippen molar-refractivity contribution in [2.75, 3.05) is 0 Å². The van der Waals surface area contributed by atoms with Crippen LogP contribution in [0.4, 0.5) is 0 Å². The molecule has 66 valence electrons. The van der Waals surface area contributed by atoms with E-state index in [-0.39, 0.29) is 4.29 Å². The summed E-state index contributed by atoms with van der Waals surface area (Å²) < 4.78 is 2.78. The average molecular weight is 442 g/mol. The normalized spacial score (nSPS) is 13.1. The first-order valence-electron chi connectivity index (χ1n) is 2.95. The van der Waals surface area contributed by atoms with Gasteiger partial charge in [0, 0.05) is 13.4 Å². The molecule has 0 aliphatic rings. The molecule has 0 amide bonds. The summed E-state index contributed by atoms with van der Waals surface area (Å²) >= 11 is 19.4. The second-order valence-electron chi connectivity index (χ2n) is 2.07. The maximum Gasteiger partial charge on any atom is 0.115 e. The van der Waals surface area contributed by atoms with Crippen molar-refractivity contribution in [3.05, 3.63) is 31.1 Å². The average Bonchev–Trinajstić information content (AvgIpc) is 2.00. The minimum absolute atomic E-state index is 0.170. The minimum atomic E-state index is -0.170. The SMILES string of the molecule is ClC(Br)c1ccc(Br)c(Br)c1Br. The van der Waals surface area contributed by atoms with Gasteiger partial charge in [0.25, 0.3) is 0 Å². The van der Waals surface area contributed by atoms with Crippen LogP contribution in [0.3, 0.4) is 0 Å². The van der Waals surface area contributed by atoms with Gasteiger partial charge in [-0.2, -0.15) is 0 Å². The molecule has 0 N–H and O–H groups in total. The van der Waals surface area contributed by atoms with Crippen LogP contribution < -0.4 is 0 Å². The Bertz CT molecular complexity index is 298. The lowest BCUT2D eigenvalue weighted by Crippen LogP contribution is -1.85. The van der Waals surface area contributed by atoms with Crippen LogP contribution in [0.2, 0.25) is 0 Å². The predicted molar refractivity (Wildman–Crippen MR) is 67.1 cm³/mol. The van der Waals surface area contributed by atoms with E-state index in [1.807, 2.05) is 12.1 Å². The largest absolute Gasteiger partial charge is 0.115 e. The van der Waals surface area contributed by atoms with Crippen molar-refractivity contribution in [3.63, 3.8) is 0 Å². The van der Waals surface area contributed by atoms with Gasteiger partial charge in [0.1, 0.15) is 4.29 Å². The molecular formula is C7H3Br4Cl. The Balaban J connectivity index is 3.27. The lowest BCUT2D eigenvalue weighted by atomic mass is 10.2. The molecule has 0 radical (unpaired) electrons. The molecule has 0 aliphatic carbocycles. The molecule has 1 rings (SSSR count). The zero-order valence-corrected chi connectivity index (χ0v) is 12.7. The highest BCUT2D eigenvalue weighted by atomic mass is 79.9. The van der Waals surface area contributed by atoms with Crippen LogP contribution in [0.25, 0.3) is 0 Å². The summed E-state index contributed by atoms with van der Waals surface area (Å²) in [4.78, 5) is 0. The van der Waals surface area contributed by atoms with Gasteiger partial charge >= 0.3 is 0 Å². The molecule has 0 heterocycles. The molecule has 0 saturated heterocycles. The lowest BCUT2D eigenvalue weighted by molar-refractivity contribution is 1.33. The van der Waals surface area contributed by atoms with Gasteiger partial charge in [-0.3, -0.25) is 0 Å². The van der Waals surface area contributed by atoms with E-state index in [9.17, 15) is 0 Å². The number of hydrogen-bond acceptors (Lipinski definition) is 0. The Morgan fingerprint density at radius 2 is 1.67 bits per heavy atom. The van der Waals surface area contributed by atoms with E-state index in [1.54, 1.807) is 0 Å². The fraction of sp³-hybridized carbons (Fsp3) is 0.143. The summed E-state index contributed by atoms with van der Waals surface area (Å²) in [6.45, 7) is 0. The Kier molecular flexibility index (Phi) is 4.58. The van der Waals surface area contributed by atoms with Crippen LogP contribution >= 0.6 is 75.3 Å². The Morgan fingerprint density at radius 1 is 1.08 bits per heavy atom. The van der Waals surface area contributed by atoms with E-state index in [4.69, 9.17) is 11.6 Å². The zero-order valence-electron chi connectivity index (χ0n) is 5.62. The molecule has 1 unspecified atom stereocenters. The molecule has 1 atom stereocenters. The molecule has 0 saturated carbocycles. The smallest absolute Gasteiger partial charge is 0.105 e. The van der Waals surface area contributed by atoms with E-state index in [0.717, 1.165) is 19.0 Å². The number of rotatable bonds is 1. The molecule has 0 spiro atoms. The first kappa shape index (κ1) is 11.5. The van der Waals surface area contributed by atoms with Crippen LogP contribution in [-0.2, 0) is 0 Å². The van der Waals surface area contributed by atoms with Crippen LogP contribution in [0.5, 0.6) is 0 Å². The summed E-state index contributed by atoms with van der Waals surface area (Å²) in [5.74, 6) is 0. The maximum atomic E-state index is 5.88. The number of benzene rings is 1. The molecule has 0 bridgehead atoms. The second-order valence-corrected chi connectivity index (χ2v) is 6.38. The first-order valence-corrected chi connectivity index (χ1v) is 6.68. The monoisotopic (exact) mass is 438 g/mol. The van der Waals surface area contributed by atoms with Gasteiger partial charge in [-0.1, -0.05) is 22.0 Å². The van der Waals surface area contributed by atoms with E-state index in [0.29, 0.717) is 0 Å². The van der Waals surface area contributed by atoms with Gasteiger partial charge in [0.2, 0.25) is 0 Å². The highest BCUT2D eigenvalue weighted by Gasteiger charge is 2.11. The highest BCUT2D eigenvalue weighted by molar-refractivity contribution is 9.14. The van der Waals surface area contributed by atoms with Crippen molar-refractivity contribution in [2.45, 2.75) is 4.29 Å². The number of halogens is 5. The Labute approximate surface area is 110 Å². The number of alkyl halides is 2. The van der Waals surface area contributed by atoms with Crippen molar-refractivity contribution < 1.29 is 0 Å². The zero-order chi connectivity index (χ0) is 9.30. The van der Waals surface area contributed by atoms with Crippen molar-refractivity contribution in [1.29, 1.82) is 0 Å². The van der Waals surface area contributed by atoms with Gasteiger partial charge in [-0.05, 0) is 59.4 Å². The van der Waals surface area contributed by atoms with Gasteiger partial charge in [0.15, 0.2) is 0 Å². The van der Waals surface area contributed by atoms with E-state index in [1.165, 1.54) is 0 Å². The maximum absolute atomic E-state index is 5.88. The molecule has 1 aromatic rings. The molecular weight excluding hydrogens is 439 g/mol. The van der Waals surface area contributed by atoms with Crippen LogP contribution in [-0.4, -0.2) is 0 Å². The summed E-state index contributed by atoms with van der Waals surface area (Å²) in [5, 5.41) is 0. The molecule has 12 heavy (non-hydrogen) atoms. The third-order valence-corrected chi connectivity index (χ3v) is 5.43. The molecule has 0 fully saturated rings. The quantitative estimate of drug-likeness (QED) is 0.392. The lowest BCUT2D eigenvalue weighted by Gasteiger charge is -2.07. The molecule has 1 aromatic carbocycles. The summed E-state index contributed by atoms with van der Waals surface area (Å²) in [5.41, 5.74) is 1.01. The topological polar surface area (TPSA) is 0 Å². The summed E-state index contributed by atoms with van der Waals surface area (Å²) in [6, 6.07) is 3.90. The van der Waals surface area contributed by atoms with Gasteiger partial charge in [-0.15, -0.1) is 11.6 Å². The van der Waals surface area contributed by atoms with Crippen molar-refractivity contribution >= 4 is 75.3 Å². The summed E-state index contributed by atoms with van der Waals surface area (Å²) in [7, 11) is 0. The van der Waals surface area contributed by atoms with Crippen molar-refractivity contribution in [2.24, 2.45) is 0 Å². The summed E-state index contributed by atoms with van der Waals surface area (Å²) in [6.07, 6.45) is 0. The number of hydrogen-bond donors (Lipinski definition) is 0. The Hall–Kier alpha value is 1.43. The minimum Gasteiger partial charge on any atom is -0.105 e. The molecule has 0 nitrogen and oxygen atoms in total. The molecule has 0 aromatic heterocycles. The molecule has 0 aliphatic heterocycles. The highest BCUT2D eigenvalue weighted by Crippen LogP contribution is 2.40. The Morgan fingerprint density at radius 3 is 2.17 bits per heavy atom. The first-order chi connectivity index (χ1) is 5.54. The van der Waals surface area contributed by atoms with Gasteiger partial charge in [0.05, 0.1) is 0 Å². The molecule has 5 heteroatoms. The van der Waals surface area contributed by atoms with Crippen LogP contribution in [0.1, 0.15) is 9.85 Å². The van der Waals surface area contributed by atoms with Crippen molar-refractivity contribution in [1.82, 2.24) is 0 Å². The predicted octanol–water partition coefficient (Wildman–Crippen LogP) is 5.61. The third-order valence-electron chi connectivity index (χ3n) is 1.30. The van der Waals surface area contributed by atoms with Crippen molar-refractivity contribution in [3.8, 4) is 0 Å². The van der Waals surface area contributed by atoms with Gasteiger partial charge in [-0.25, -0.2) is 0 Å². The van der Waals surface area contributed by atoms with E-state index >= 15 is 0 Å². The van der Waals surface area contributed by atoms with E-state index < -0.39 is 0 Å². The second kappa shape index (κ2) is 4.78. The fourth-order valence-electron chi connectivity index (χ4n) is 0.709. The third kappa shape index (κ3) is 2.47. The van der Waals surface area contributed by atoms with E-state index in [2.05, 4.69) is 63.7 Å². The van der Waals surface area contributed by atoms with Crippen LogP contribution in [0.15, 0.2) is 25.6 Å². The standard InChI is InChI=1S/C7H3Br4Cl/c8-4-2-1-3(7(11)12)5(9)6(4)10/h1-2,7H. The van der Waals surface area contributed by atoms with Gasteiger partial charge < -0.3 is 0 Å². The van der Waals surface area contributed by atoms with Crippen LogP contribution in [0, 0.1) is 0 Å². The fourth-order valence-corrected chi connectivity index (χ4v) is 3.24.